The van der Waals surface area contributed by atoms with Gasteiger partial charge in [0.1, 0.15) is 17.1 Å². The van der Waals surface area contributed by atoms with Crippen LogP contribution < -0.4 is 10.5 Å². The largest absolute Gasteiger partial charge is 0.480 e. The number of hydrogen-bond acceptors (Lipinski definition) is 7. The molecule has 0 aliphatic rings. The van der Waals surface area contributed by atoms with Gasteiger partial charge in [0, 0.05) is 6.07 Å². The predicted molar refractivity (Wildman–Crippen MR) is 65.7 cm³/mol. The second kappa shape index (κ2) is 4.84. The van der Waals surface area contributed by atoms with Gasteiger partial charge in [-0.25, -0.2) is 14.8 Å². The third kappa shape index (κ3) is 2.41. The van der Waals surface area contributed by atoms with Gasteiger partial charge in [-0.05, 0) is 13.0 Å². The Bertz CT molecular complexity index is 604. The van der Waals surface area contributed by atoms with E-state index in [0.29, 0.717) is 11.6 Å². The lowest BCUT2D eigenvalue weighted by molar-refractivity contribution is 0.0696. The Morgan fingerprint density at radius 1 is 1.32 bits per heavy atom. The molecular weight excluding hydrogens is 250 g/mol. The van der Waals surface area contributed by atoms with Gasteiger partial charge in [-0.3, -0.25) is 0 Å². The normalized spacial score (nSPS) is 10.2. The highest BCUT2D eigenvalue weighted by Crippen LogP contribution is 2.19. The van der Waals surface area contributed by atoms with Crippen molar-refractivity contribution in [2.45, 2.75) is 6.92 Å². The van der Waals surface area contributed by atoms with Crippen molar-refractivity contribution in [1.29, 1.82) is 0 Å². The molecule has 2 heterocycles. The number of carboxylic acids is 1. The van der Waals surface area contributed by atoms with E-state index in [2.05, 4.69) is 20.2 Å². The molecule has 2 aromatic heterocycles. The van der Waals surface area contributed by atoms with Gasteiger partial charge in [0.15, 0.2) is 5.82 Å². The SMILES string of the molecule is COc1ccc(-c2nc(C)c(C(=O)O)c(N)n2)nn1. The fourth-order valence-corrected chi connectivity index (χ4v) is 1.52. The summed E-state index contributed by atoms with van der Waals surface area (Å²) in [4.78, 5) is 19.0. The summed E-state index contributed by atoms with van der Waals surface area (Å²) in [6.45, 7) is 1.54. The fraction of sp³-hybridized carbons (Fsp3) is 0.182. The molecule has 0 atom stereocenters. The average molecular weight is 261 g/mol. The standard InChI is InChI=1S/C11H11N5O3/c1-5-8(11(17)18)9(12)14-10(13-5)6-3-4-7(19-2)16-15-6/h3-4H,1-2H3,(H,17,18)(H2,12,13,14). The zero-order valence-electron chi connectivity index (χ0n) is 10.3. The molecule has 0 aliphatic carbocycles. The number of carbonyl (C=O) groups is 1. The number of anilines is 1. The zero-order valence-corrected chi connectivity index (χ0v) is 10.3. The Balaban J connectivity index is 2.48. The molecule has 0 radical (unpaired) electrons. The second-order valence-electron chi connectivity index (χ2n) is 3.66. The summed E-state index contributed by atoms with van der Waals surface area (Å²) in [6, 6.07) is 3.21. The van der Waals surface area contributed by atoms with E-state index in [-0.39, 0.29) is 22.9 Å². The summed E-state index contributed by atoms with van der Waals surface area (Å²) in [5, 5.41) is 16.6. The van der Waals surface area contributed by atoms with E-state index in [1.54, 1.807) is 19.1 Å². The van der Waals surface area contributed by atoms with Crippen molar-refractivity contribution in [2.75, 3.05) is 12.8 Å². The minimum atomic E-state index is -1.16. The van der Waals surface area contributed by atoms with Crippen molar-refractivity contribution in [2.24, 2.45) is 0 Å². The van der Waals surface area contributed by atoms with E-state index >= 15 is 0 Å². The second-order valence-corrected chi connectivity index (χ2v) is 3.66. The molecule has 0 aliphatic heterocycles. The molecule has 0 saturated carbocycles. The lowest BCUT2D eigenvalue weighted by Gasteiger charge is -2.06. The van der Waals surface area contributed by atoms with Crippen LogP contribution in [0.5, 0.6) is 5.88 Å². The molecule has 19 heavy (non-hydrogen) atoms. The monoisotopic (exact) mass is 261 g/mol. The molecule has 8 nitrogen and oxygen atoms in total. The first-order valence-corrected chi connectivity index (χ1v) is 5.28. The highest BCUT2D eigenvalue weighted by atomic mass is 16.5. The first-order valence-electron chi connectivity index (χ1n) is 5.28. The minimum Gasteiger partial charge on any atom is -0.480 e. The van der Waals surface area contributed by atoms with Gasteiger partial charge in [0.25, 0.3) is 0 Å². The number of hydrogen-bond donors (Lipinski definition) is 2. The van der Waals surface area contributed by atoms with Gasteiger partial charge in [-0.2, -0.15) is 0 Å². The number of rotatable bonds is 3. The summed E-state index contributed by atoms with van der Waals surface area (Å²) < 4.78 is 4.89. The summed E-state index contributed by atoms with van der Waals surface area (Å²) >= 11 is 0. The van der Waals surface area contributed by atoms with Crippen LogP contribution in [0.2, 0.25) is 0 Å². The number of carboxylic acid groups (broad SMARTS) is 1. The smallest absolute Gasteiger partial charge is 0.341 e. The van der Waals surface area contributed by atoms with Crippen molar-refractivity contribution < 1.29 is 14.6 Å². The highest BCUT2D eigenvalue weighted by Gasteiger charge is 2.17. The number of ether oxygens (including phenoxy) is 1. The predicted octanol–water partition coefficient (Wildman–Crippen LogP) is 0.531. The first-order chi connectivity index (χ1) is 9.02. The van der Waals surface area contributed by atoms with E-state index in [1.165, 1.54) is 7.11 Å². The molecule has 98 valence electrons. The van der Waals surface area contributed by atoms with Crippen molar-refractivity contribution >= 4 is 11.8 Å². The van der Waals surface area contributed by atoms with Gasteiger partial charge >= 0.3 is 5.97 Å². The number of nitrogens with two attached hydrogens (primary N) is 1. The molecule has 0 saturated heterocycles. The Morgan fingerprint density at radius 2 is 2.05 bits per heavy atom. The first kappa shape index (κ1) is 12.7. The van der Waals surface area contributed by atoms with Gasteiger partial charge in [0.2, 0.25) is 5.88 Å². The third-order valence-corrected chi connectivity index (χ3v) is 2.41. The van der Waals surface area contributed by atoms with Crippen LogP contribution in [0, 0.1) is 6.92 Å². The minimum absolute atomic E-state index is 0.104. The zero-order chi connectivity index (χ0) is 14.0. The lowest BCUT2D eigenvalue weighted by Crippen LogP contribution is -2.10. The van der Waals surface area contributed by atoms with E-state index in [9.17, 15) is 4.79 Å². The van der Waals surface area contributed by atoms with Crippen molar-refractivity contribution in [3.8, 4) is 17.4 Å². The van der Waals surface area contributed by atoms with Gasteiger partial charge in [-0.15, -0.1) is 10.2 Å². The van der Waals surface area contributed by atoms with E-state index in [1.807, 2.05) is 0 Å². The number of aromatic nitrogens is 4. The van der Waals surface area contributed by atoms with Crippen molar-refractivity contribution in [3.63, 3.8) is 0 Å². The van der Waals surface area contributed by atoms with E-state index in [0.717, 1.165) is 0 Å². The molecule has 2 rings (SSSR count). The van der Waals surface area contributed by atoms with Crippen LogP contribution in [-0.4, -0.2) is 38.4 Å². The Hall–Kier alpha value is -2.77. The maximum absolute atomic E-state index is 11.0. The summed E-state index contributed by atoms with van der Waals surface area (Å²) in [5.74, 6) is -0.694. The average Bonchev–Trinajstić information content (AvgIpc) is 2.37. The molecule has 2 aromatic rings. The molecule has 0 fully saturated rings. The quantitative estimate of drug-likeness (QED) is 0.819. The van der Waals surface area contributed by atoms with Crippen LogP contribution in [0.25, 0.3) is 11.5 Å². The van der Waals surface area contributed by atoms with Crippen LogP contribution in [0.1, 0.15) is 16.1 Å². The van der Waals surface area contributed by atoms with Crippen molar-refractivity contribution in [1.82, 2.24) is 20.2 Å². The molecule has 0 bridgehead atoms. The number of methoxy groups -OCH3 is 1. The van der Waals surface area contributed by atoms with Crippen LogP contribution >= 0.6 is 0 Å². The fourth-order valence-electron chi connectivity index (χ4n) is 1.52. The Labute approximate surface area is 108 Å². The summed E-state index contributed by atoms with van der Waals surface area (Å²) in [7, 11) is 1.48. The molecule has 8 heteroatoms. The van der Waals surface area contributed by atoms with Gasteiger partial charge < -0.3 is 15.6 Å². The maximum atomic E-state index is 11.0. The maximum Gasteiger partial charge on any atom is 0.341 e. The van der Waals surface area contributed by atoms with E-state index in [4.69, 9.17) is 15.6 Å². The van der Waals surface area contributed by atoms with Gasteiger partial charge in [-0.1, -0.05) is 0 Å². The molecule has 0 aromatic carbocycles. The highest BCUT2D eigenvalue weighted by molar-refractivity contribution is 5.94. The number of aromatic carboxylic acids is 1. The third-order valence-electron chi connectivity index (χ3n) is 2.41. The molecular formula is C11H11N5O3. The van der Waals surface area contributed by atoms with Crippen LogP contribution in [0.15, 0.2) is 12.1 Å². The lowest BCUT2D eigenvalue weighted by atomic mass is 10.2. The molecule has 3 N–H and O–H groups in total. The molecule has 0 unspecified atom stereocenters. The van der Waals surface area contributed by atoms with Crippen LogP contribution in [0.3, 0.4) is 0 Å². The topological polar surface area (TPSA) is 124 Å². The van der Waals surface area contributed by atoms with Crippen LogP contribution in [0.4, 0.5) is 5.82 Å². The summed E-state index contributed by atoms with van der Waals surface area (Å²) in [5.41, 5.74) is 6.16. The number of aryl methyl sites for hydroxylation is 1. The Kier molecular flexibility index (Phi) is 3.23. The molecule has 0 spiro atoms. The van der Waals surface area contributed by atoms with E-state index < -0.39 is 5.97 Å². The number of nitrogen functional groups attached to an aromatic ring is 1. The molecule has 0 amide bonds. The van der Waals surface area contributed by atoms with Crippen LogP contribution in [-0.2, 0) is 0 Å². The van der Waals surface area contributed by atoms with Gasteiger partial charge in [0.05, 0.1) is 12.8 Å². The van der Waals surface area contributed by atoms with Crippen molar-refractivity contribution in [3.05, 3.63) is 23.4 Å². The number of nitrogens with zero attached hydrogens (tertiary/aromatic N) is 4. The Morgan fingerprint density at radius 3 is 2.53 bits per heavy atom. The summed E-state index contributed by atoms with van der Waals surface area (Å²) in [6.07, 6.45) is 0.